The minimum Gasteiger partial charge on any atom is -0.485 e. The molecule has 1 rings (SSSR count). The van der Waals surface area contributed by atoms with Crippen LogP contribution in [-0.4, -0.2) is 24.8 Å². The van der Waals surface area contributed by atoms with Crippen molar-refractivity contribution >= 4 is 5.69 Å². The first-order valence-electron chi connectivity index (χ1n) is 4.09. The normalized spacial score (nSPS) is 12.5. The van der Waals surface area contributed by atoms with Crippen molar-refractivity contribution in [2.24, 2.45) is 0 Å². The van der Waals surface area contributed by atoms with Crippen LogP contribution in [0.25, 0.3) is 0 Å². The van der Waals surface area contributed by atoms with Crippen molar-refractivity contribution in [3.8, 4) is 5.75 Å². The van der Waals surface area contributed by atoms with Crippen LogP contribution >= 0.6 is 0 Å². The highest BCUT2D eigenvalue weighted by molar-refractivity contribution is 5.49. The number of pyridine rings is 1. The molecule has 72 valence electrons. The Morgan fingerprint density at radius 1 is 1.62 bits per heavy atom. The highest BCUT2D eigenvalue weighted by atomic mass is 16.5. The summed E-state index contributed by atoms with van der Waals surface area (Å²) in [5.41, 5.74) is 6.25. The Morgan fingerprint density at radius 3 is 3.00 bits per heavy atom. The lowest BCUT2D eigenvalue weighted by Crippen LogP contribution is -2.18. The molecule has 0 radical (unpaired) electrons. The van der Waals surface area contributed by atoms with Gasteiger partial charge in [-0.3, -0.25) is 4.98 Å². The number of anilines is 1. The smallest absolute Gasteiger partial charge is 0.160 e. The topological polar surface area (TPSA) is 57.4 Å². The molecule has 0 aromatic carbocycles. The second kappa shape index (κ2) is 4.67. The molecular formula is C9H14N2O2. The summed E-state index contributed by atoms with van der Waals surface area (Å²) >= 11 is 0. The summed E-state index contributed by atoms with van der Waals surface area (Å²) in [7, 11) is 1.63. The first kappa shape index (κ1) is 9.80. The van der Waals surface area contributed by atoms with E-state index in [2.05, 4.69) is 4.98 Å². The predicted molar refractivity (Wildman–Crippen MR) is 50.6 cm³/mol. The van der Waals surface area contributed by atoms with Gasteiger partial charge in [0, 0.05) is 13.3 Å². The van der Waals surface area contributed by atoms with E-state index in [9.17, 15) is 0 Å². The number of rotatable bonds is 4. The lowest BCUT2D eigenvalue weighted by molar-refractivity contribution is 0.0923. The maximum atomic E-state index is 5.66. The van der Waals surface area contributed by atoms with Crippen molar-refractivity contribution in [2.75, 3.05) is 19.5 Å². The Kier molecular flexibility index (Phi) is 3.52. The van der Waals surface area contributed by atoms with Gasteiger partial charge in [-0.15, -0.1) is 0 Å². The molecule has 0 aliphatic rings. The van der Waals surface area contributed by atoms with Crippen LogP contribution in [0.4, 0.5) is 5.69 Å². The molecule has 4 nitrogen and oxygen atoms in total. The molecule has 1 atom stereocenters. The zero-order chi connectivity index (χ0) is 9.68. The van der Waals surface area contributed by atoms with Gasteiger partial charge in [-0.05, 0) is 13.0 Å². The van der Waals surface area contributed by atoms with E-state index in [4.69, 9.17) is 15.2 Å². The van der Waals surface area contributed by atoms with Gasteiger partial charge in [0.15, 0.2) is 5.75 Å². The summed E-state index contributed by atoms with van der Waals surface area (Å²) < 4.78 is 10.4. The quantitative estimate of drug-likeness (QED) is 0.757. The van der Waals surface area contributed by atoms with Gasteiger partial charge in [-0.25, -0.2) is 0 Å². The van der Waals surface area contributed by atoms with Gasteiger partial charge in [0.2, 0.25) is 0 Å². The zero-order valence-corrected chi connectivity index (χ0v) is 7.86. The van der Waals surface area contributed by atoms with Gasteiger partial charge >= 0.3 is 0 Å². The second-order valence-corrected chi connectivity index (χ2v) is 2.80. The molecule has 1 unspecified atom stereocenters. The standard InChI is InChI=1S/C9H14N2O2/c1-7(6-12-2)13-9-5-11-4-3-8(9)10/h3-5,7H,6H2,1-2H3,(H2,10,11). The van der Waals surface area contributed by atoms with Crippen LogP contribution in [0.5, 0.6) is 5.75 Å². The summed E-state index contributed by atoms with van der Waals surface area (Å²) in [4.78, 5) is 3.91. The molecule has 4 heteroatoms. The van der Waals surface area contributed by atoms with Gasteiger partial charge < -0.3 is 15.2 Å². The van der Waals surface area contributed by atoms with Gasteiger partial charge in [-0.2, -0.15) is 0 Å². The molecule has 1 aromatic heterocycles. The van der Waals surface area contributed by atoms with Crippen molar-refractivity contribution in [3.63, 3.8) is 0 Å². The fraction of sp³-hybridized carbons (Fsp3) is 0.444. The molecule has 2 N–H and O–H groups in total. The van der Waals surface area contributed by atoms with E-state index in [0.29, 0.717) is 18.0 Å². The molecule has 0 aliphatic carbocycles. The Balaban J connectivity index is 2.58. The molecule has 0 spiro atoms. The Hall–Kier alpha value is -1.29. The average Bonchev–Trinajstić information content (AvgIpc) is 2.09. The monoisotopic (exact) mass is 182 g/mol. The highest BCUT2D eigenvalue weighted by Crippen LogP contribution is 2.19. The minimum absolute atomic E-state index is 0.0171. The molecule has 0 amide bonds. The van der Waals surface area contributed by atoms with E-state index in [1.165, 1.54) is 0 Å². The van der Waals surface area contributed by atoms with Crippen LogP contribution in [0.1, 0.15) is 6.92 Å². The zero-order valence-electron chi connectivity index (χ0n) is 7.86. The molecule has 1 aromatic rings. The van der Waals surface area contributed by atoms with E-state index in [-0.39, 0.29) is 6.10 Å². The lowest BCUT2D eigenvalue weighted by Gasteiger charge is -2.14. The maximum absolute atomic E-state index is 5.66. The van der Waals surface area contributed by atoms with Crippen molar-refractivity contribution in [3.05, 3.63) is 18.5 Å². The number of ether oxygens (including phenoxy) is 2. The molecule has 0 saturated carbocycles. The summed E-state index contributed by atoms with van der Waals surface area (Å²) in [5, 5.41) is 0. The lowest BCUT2D eigenvalue weighted by atomic mass is 10.3. The van der Waals surface area contributed by atoms with Gasteiger partial charge in [-0.1, -0.05) is 0 Å². The number of nitrogens with two attached hydrogens (primary N) is 1. The van der Waals surface area contributed by atoms with Gasteiger partial charge in [0.05, 0.1) is 18.5 Å². The van der Waals surface area contributed by atoms with Crippen LogP contribution in [0.15, 0.2) is 18.5 Å². The summed E-state index contributed by atoms with van der Waals surface area (Å²) in [6.07, 6.45) is 3.21. The van der Waals surface area contributed by atoms with E-state index < -0.39 is 0 Å². The third kappa shape index (κ3) is 2.91. The van der Waals surface area contributed by atoms with E-state index >= 15 is 0 Å². The number of hydrogen-bond acceptors (Lipinski definition) is 4. The van der Waals surface area contributed by atoms with Crippen LogP contribution in [-0.2, 0) is 4.74 Å². The number of aromatic nitrogens is 1. The molecule has 0 fully saturated rings. The molecule has 1 heterocycles. The van der Waals surface area contributed by atoms with Crippen molar-refractivity contribution in [1.29, 1.82) is 0 Å². The Morgan fingerprint density at radius 2 is 2.38 bits per heavy atom. The molecular weight excluding hydrogens is 168 g/mol. The Bertz CT molecular complexity index is 266. The SMILES string of the molecule is COCC(C)Oc1cnccc1N. The van der Waals surface area contributed by atoms with Crippen molar-refractivity contribution in [2.45, 2.75) is 13.0 Å². The van der Waals surface area contributed by atoms with E-state index in [1.807, 2.05) is 6.92 Å². The van der Waals surface area contributed by atoms with Crippen LogP contribution < -0.4 is 10.5 Å². The summed E-state index contributed by atoms with van der Waals surface area (Å²) in [6, 6.07) is 1.70. The Labute approximate surface area is 77.7 Å². The number of nitrogens with zero attached hydrogens (tertiary/aromatic N) is 1. The predicted octanol–water partition coefficient (Wildman–Crippen LogP) is 1.08. The molecule has 0 saturated heterocycles. The third-order valence-corrected chi connectivity index (χ3v) is 1.55. The largest absolute Gasteiger partial charge is 0.485 e. The molecule has 13 heavy (non-hydrogen) atoms. The number of nitrogen functional groups attached to an aromatic ring is 1. The first-order valence-corrected chi connectivity index (χ1v) is 4.09. The van der Waals surface area contributed by atoms with Crippen molar-refractivity contribution < 1.29 is 9.47 Å². The van der Waals surface area contributed by atoms with Crippen LogP contribution in [0.2, 0.25) is 0 Å². The summed E-state index contributed by atoms with van der Waals surface area (Å²) in [6.45, 7) is 2.45. The average molecular weight is 182 g/mol. The fourth-order valence-corrected chi connectivity index (χ4v) is 0.975. The van der Waals surface area contributed by atoms with E-state index in [0.717, 1.165) is 0 Å². The van der Waals surface area contributed by atoms with Crippen LogP contribution in [0.3, 0.4) is 0 Å². The maximum Gasteiger partial charge on any atom is 0.160 e. The van der Waals surface area contributed by atoms with Gasteiger partial charge in [0.1, 0.15) is 6.10 Å². The van der Waals surface area contributed by atoms with Gasteiger partial charge in [0.25, 0.3) is 0 Å². The van der Waals surface area contributed by atoms with Crippen molar-refractivity contribution in [1.82, 2.24) is 4.98 Å². The van der Waals surface area contributed by atoms with E-state index in [1.54, 1.807) is 25.6 Å². The second-order valence-electron chi connectivity index (χ2n) is 2.80. The minimum atomic E-state index is -0.0171. The fourth-order valence-electron chi connectivity index (χ4n) is 0.975. The number of methoxy groups -OCH3 is 1. The third-order valence-electron chi connectivity index (χ3n) is 1.55. The highest BCUT2D eigenvalue weighted by Gasteiger charge is 2.05. The molecule has 0 aliphatic heterocycles. The summed E-state index contributed by atoms with van der Waals surface area (Å²) in [5.74, 6) is 0.604. The first-order chi connectivity index (χ1) is 6.24. The van der Waals surface area contributed by atoms with Crippen LogP contribution in [0, 0.1) is 0 Å². The molecule has 0 bridgehead atoms. The number of hydrogen-bond donors (Lipinski definition) is 1.